The number of hydrogen-bond donors (Lipinski definition) is 2. The summed E-state index contributed by atoms with van der Waals surface area (Å²) in [6.07, 6.45) is 1.46. The van der Waals surface area contributed by atoms with Gasteiger partial charge in [0.2, 0.25) is 0 Å². The van der Waals surface area contributed by atoms with Gasteiger partial charge in [-0.3, -0.25) is 4.90 Å². The number of aliphatic hydroxyl groups excluding tert-OH is 1. The van der Waals surface area contributed by atoms with Gasteiger partial charge in [-0.2, -0.15) is 0 Å². The van der Waals surface area contributed by atoms with Gasteiger partial charge in [-0.05, 0) is 25.8 Å². The van der Waals surface area contributed by atoms with Crippen molar-refractivity contribution in [3.63, 3.8) is 0 Å². The van der Waals surface area contributed by atoms with Crippen LogP contribution in [0.5, 0.6) is 0 Å². The maximum atomic E-state index is 13.6. The van der Waals surface area contributed by atoms with Crippen molar-refractivity contribution in [3.8, 4) is 0 Å². The molecule has 2 N–H and O–H groups in total. The molecule has 96 valence electrons. The molecular weight excluding hydrogens is 238 g/mol. The molecule has 2 saturated heterocycles. The highest BCUT2D eigenvalue weighted by Gasteiger charge is 2.45. The molecule has 16 heavy (non-hydrogen) atoms. The van der Waals surface area contributed by atoms with Gasteiger partial charge < -0.3 is 10.4 Å². The summed E-state index contributed by atoms with van der Waals surface area (Å²) < 4.78 is 27.2. The van der Waals surface area contributed by atoms with Crippen molar-refractivity contribution in [3.05, 3.63) is 0 Å². The van der Waals surface area contributed by atoms with Gasteiger partial charge in [0.1, 0.15) is 0 Å². The summed E-state index contributed by atoms with van der Waals surface area (Å²) in [5.74, 6) is -2.62. The molecule has 6 heteroatoms. The maximum Gasteiger partial charge on any atom is 0.275 e. The molecule has 3 nitrogen and oxygen atoms in total. The van der Waals surface area contributed by atoms with E-state index < -0.39 is 12.0 Å². The standard InChI is InChI=1S/C10H18F2N2O.ClH/c11-10(12)7-13-4-1-9(10)14-5-2-8(15)3-6-14;/h8-9,13,15H,1-7H2;1H. The first-order chi connectivity index (χ1) is 7.09. The molecule has 1 atom stereocenters. The molecule has 0 radical (unpaired) electrons. The molecule has 2 heterocycles. The zero-order chi connectivity index (χ0) is 10.9. The summed E-state index contributed by atoms with van der Waals surface area (Å²) in [5, 5.41) is 12.1. The van der Waals surface area contributed by atoms with Gasteiger partial charge in [0.05, 0.1) is 18.7 Å². The zero-order valence-electron chi connectivity index (χ0n) is 9.16. The lowest BCUT2D eigenvalue weighted by atomic mass is 9.97. The molecule has 0 spiro atoms. The number of nitrogens with one attached hydrogen (secondary N) is 1. The Morgan fingerprint density at radius 2 is 1.81 bits per heavy atom. The number of halogens is 3. The SMILES string of the molecule is Cl.OC1CCN(C2CCNCC2(F)F)CC1. The van der Waals surface area contributed by atoms with E-state index in [9.17, 15) is 13.9 Å². The second-order valence-electron chi connectivity index (χ2n) is 4.51. The molecular formula is C10H19ClF2N2O. The van der Waals surface area contributed by atoms with Crippen LogP contribution in [0, 0.1) is 0 Å². The number of piperidine rings is 2. The normalized spacial score (nSPS) is 32.1. The predicted molar refractivity (Wildman–Crippen MR) is 60.3 cm³/mol. The van der Waals surface area contributed by atoms with Gasteiger partial charge in [-0.15, -0.1) is 12.4 Å². The van der Waals surface area contributed by atoms with E-state index in [0.29, 0.717) is 38.9 Å². The van der Waals surface area contributed by atoms with Crippen molar-refractivity contribution in [2.75, 3.05) is 26.2 Å². The first kappa shape index (κ1) is 14.1. The van der Waals surface area contributed by atoms with Gasteiger partial charge >= 0.3 is 0 Å². The summed E-state index contributed by atoms with van der Waals surface area (Å²) >= 11 is 0. The number of hydrogen-bond acceptors (Lipinski definition) is 3. The Balaban J connectivity index is 0.00000128. The summed E-state index contributed by atoms with van der Waals surface area (Å²) in [6.45, 7) is 1.65. The van der Waals surface area contributed by atoms with Crippen LogP contribution in [0.25, 0.3) is 0 Å². The lowest BCUT2D eigenvalue weighted by Crippen LogP contribution is -2.58. The van der Waals surface area contributed by atoms with Crippen LogP contribution in [0.15, 0.2) is 0 Å². The molecule has 1 unspecified atom stereocenters. The third kappa shape index (κ3) is 3.03. The van der Waals surface area contributed by atoms with Crippen LogP contribution in [0.3, 0.4) is 0 Å². The van der Waals surface area contributed by atoms with Crippen molar-refractivity contribution in [1.29, 1.82) is 0 Å². The second-order valence-corrected chi connectivity index (χ2v) is 4.51. The summed E-state index contributed by atoms with van der Waals surface area (Å²) in [7, 11) is 0. The molecule has 2 fully saturated rings. The fourth-order valence-electron chi connectivity index (χ4n) is 2.47. The fourth-order valence-corrected chi connectivity index (χ4v) is 2.47. The van der Waals surface area contributed by atoms with Crippen LogP contribution >= 0.6 is 12.4 Å². The van der Waals surface area contributed by atoms with E-state index in [1.807, 2.05) is 4.90 Å². The van der Waals surface area contributed by atoms with E-state index in [0.717, 1.165) is 0 Å². The summed E-state index contributed by atoms with van der Waals surface area (Å²) in [5.41, 5.74) is 0. The highest BCUT2D eigenvalue weighted by Crippen LogP contribution is 2.29. The van der Waals surface area contributed by atoms with Crippen LogP contribution in [0.1, 0.15) is 19.3 Å². The molecule has 0 bridgehead atoms. The van der Waals surface area contributed by atoms with Crippen LogP contribution in [0.4, 0.5) is 8.78 Å². The second kappa shape index (κ2) is 5.58. The monoisotopic (exact) mass is 256 g/mol. The number of alkyl halides is 2. The number of aliphatic hydroxyl groups is 1. The minimum atomic E-state index is -2.62. The molecule has 0 aromatic carbocycles. The first-order valence-electron chi connectivity index (χ1n) is 5.60. The average Bonchev–Trinajstić information content (AvgIpc) is 2.19. The van der Waals surface area contributed by atoms with E-state index in [2.05, 4.69) is 5.32 Å². The summed E-state index contributed by atoms with van der Waals surface area (Å²) in [6, 6.07) is -0.633. The molecule has 0 saturated carbocycles. The molecule has 2 rings (SSSR count). The van der Waals surface area contributed by atoms with Crippen molar-refractivity contribution >= 4 is 12.4 Å². The van der Waals surface area contributed by atoms with Crippen molar-refractivity contribution in [1.82, 2.24) is 10.2 Å². The fraction of sp³-hybridized carbons (Fsp3) is 1.00. The molecule has 2 aliphatic rings. The van der Waals surface area contributed by atoms with Crippen LogP contribution < -0.4 is 5.32 Å². The minimum Gasteiger partial charge on any atom is -0.393 e. The Labute approximate surface area is 101 Å². The van der Waals surface area contributed by atoms with E-state index >= 15 is 0 Å². The Bertz CT molecular complexity index is 223. The van der Waals surface area contributed by atoms with Crippen molar-refractivity contribution < 1.29 is 13.9 Å². The van der Waals surface area contributed by atoms with Gasteiger partial charge in [0, 0.05) is 13.1 Å². The lowest BCUT2D eigenvalue weighted by Gasteiger charge is -2.42. The van der Waals surface area contributed by atoms with Gasteiger partial charge in [-0.25, -0.2) is 8.78 Å². The topological polar surface area (TPSA) is 35.5 Å². The van der Waals surface area contributed by atoms with Gasteiger partial charge in [-0.1, -0.05) is 0 Å². The molecule has 2 aliphatic heterocycles. The number of rotatable bonds is 1. The predicted octanol–water partition coefficient (Wildman–Crippen LogP) is 0.862. The highest BCUT2D eigenvalue weighted by molar-refractivity contribution is 5.85. The number of likely N-dealkylation sites (tertiary alicyclic amines) is 1. The van der Waals surface area contributed by atoms with E-state index in [-0.39, 0.29) is 25.1 Å². The summed E-state index contributed by atoms with van der Waals surface area (Å²) in [4.78, 5) is 1.84. The quantitative estimate of drug-likeness (QED) is 0.731. The molecule has 0 amide bonds. The largest absolute Gasteiger partial charge is 0.393 e. The molecule has 0 aliphatic carbocycles. The molecule has 0 aromatic rings. The van der Waals surface area contributed by atoms with Crippen LogP contribution in [-0.4, -0.2) is 54.3 Å². The smallest absolute Gasteiger partial charge is 0.275 e. The van der Waals surface area contributed by atoms with Crippen LogP contribution in [-0.2, 0) is 0 Å². The van der Waals surface area contributed by atoms with E-state index in [4.69, 9.17) is 0 Å². The van der Waals surface area contributed by atoms with E-state index in [1.54, 1.807) is 0 Å². The average molecular weight is 257 g/mol. The van der Waals surface area contributed by atoms with Gasteiger partial charge in [0.15, 0.2) is 0 Å². The van der Waals surface area contributed by atoms with E-state index in [1.165, 1.54) is 0 Å². The third-order valence-corrected chi connectivity index (χ3v) is 3.38. The zero-order valence-corrected chi connectivity index (χ0v) is 9.98. The van der Waals surface area contributed by atoms with Gasteiger partial charge in [0.25, 0.3) is 5.92 Å². The lowest BCUT2D eigenvalue weighted by molar-refractivity contribution is -0.105. The minimum absolute atomic E-state index is 0. The Hall–Kier alpha value is 0.0300. The Morgan fingerprint density at radius 3 is 2.38 bits per heavy atom. The third-order valence-electron chi connectivity index (χ3n) is 3.38. The molecule has 0 aromatic heterocycles. The Morgan fingerprint density at radius 1 is 1.19 bits per heavy atom. The highest BCUT2D eigenvalue weighted by atomic mass is 35.5. The maximum absolute atomic E-state index is 13.6. The van der Waals surface area contributed by atoms with Crippen molar-refractivity contribution in [2.45, 2.75) is 37.3 Å². The van der Waals surface area contributed by atoms with Crippen molar-refractivity contribution in [2.24, 2.45) is 0 Å². The number of nitrogens with zero attached hydrogens (tertiary/aromatic N) is 1. The Kier molecular flexibility index (Phi) is 4.91. The first-order valence-corrected chi connectivity index (χ1v) is 5.60. The van der Waals surface area contributed by atoms with Crippen LogP contribution in [0.2, 0.25) is 0 Å².